The predicted molar refractivity (Wildman–Crippen MR) is 85.7 cm³/mol. The van der Waals surface area contributed by atoms with Crippen LogP contribution in [0.1, 0.15) is 31.4 Å². The van der Waals surface area contributed by atoms with Crippen molar-refractivity contribution in [1.82, 2.24) is 16.2 Å². The molecule has 2 unspecified atom stereocenters. The van der Waals surface area contributed by atoms with Crippen LogP contribution in [0.25, 0.3) is 0 Å². The average molecular weight is 323 g/mol. The quantitative estimate of drug-likeness (QED) is 0.519. The molecule has 1 aromatic carbocycles. The van der Waals surface area contributed by atoms with Gasteiger partial charge in [0.15, 0.2) is 0 Å². The number of rotatable bonds is 7. The smallest absolute Gasteiger partial charge is 0.316 e. The topological polar surface area (TPSA) is 79.5 Å². The lowest BCUT2D eigenvalue weighted by atomic mass is 10.1. The van der Waals surface area contributed by atoms with Gasteiger partial charge in [0.25, 0.3) is 0 Å². The fraction of sp³-hybridized carbons (Fsp3) is 0.467. The van der Waals surface area contributed by atoms with E-state index < -0.39 is 6.04 Å². The van der Waals surface area contributed by atoms with Gasteiger partial charge in [0.05, 0.1) is 12.4 Å². The first kappa shape index (κ1) is 16.8. The number of ether oxygens (including phenoxy) is 1. The summed E-state index contributed by atoms with van der Waals surface area (Å²) >= 11 is 1.28. The van der Waals surface area contributed by atoms with Crippen LogP contribution in [0.3, 0.4) is 0 Å². The Morgan fingerprint density at radius 3 is 2.73 bits per heavy atom. The molecule has 1 heterocycles. The Bertz CT molecular complexity index is 498. The van der Waals surface area contributed by atoms with Gasteiger partial charge < -0.3 is 10.1 Å². The predicted octanol–water partition coefficient (Wildman–Crippen LogP) is 1.31. The summed E-state index contributed by atoms with van der Waals surface area (Å²) in [4.78, 5) is 23.6. The number of hydrazine groups is 1. The summed E-state index contributed by atoms with van der Waals surface area (Å²) in [6.07, 6.45) is 1.86. The van der Waals surface area contributed by atoms with Crippen LogP contribution in [0, 0.1) is 0 Å². The minimum absolute atomic E-state index is 0.123. The van der Waals surface area contributed by atoms with Gasteiger partial charge in [-0.25, -0.2) is 10.9 Å². The molecule has 1 aliphatic rings. The Hall–Kier alpha value is -1.57. The first-order chi connectivity index (χ1) is 10.7. The average Bonchev–Trinajstić information content (AvgIpc) is 2.54. The molecule has 0 spiro atoms. The monoisotopic (exact) mass is 323 g/mol. The van der Waals surface area contributed by atoms with Gasteiger partial charge in [-0.15, -0.1) is 11.8 Å². The molecular formula is C15H21N3O3S. The Kier molecular flexibility index (Phi) is 6.70. The number of benzene rings is 1. The van der Waals surface area contributed by atoms with E-state index in [0.717, 1.165) is 18.4 Å². The second-order valence-electron chi connectivity index (χ2n) is 4.91. The Morgan fingerprint density at radius 2 is 2.05 bits per heavy atom. The van der Waals surface area contributed by atoms with E-state index in [1.807, 2.05) is 37.3 Å². The second kappa shape index (κ2) is 8.77. The van der Waals surface area contributed by atoms with Crippen LogP contribution < -0.4 is 16.2 Å². The van der Waals surface area contributed by atoms with E-state index in [9.17, 15) is 9.59 Å². The summed E-state index contributed by atoms with van der Waals surface area (Å²) in [6, 6.07) is 9.01. The number of esters is 1. The fourth-order valence-corrected chi connectivity index (χ4v) is 2.70. The van der Waals surface area contributed by atoms with E-state index in [4.69, 9.17) is 4.74 Å². The summed E-state index contributed by atoms with van der Waals surface area (Å²) in [5.74, 6) is -0.194. The molecule has 1 amide bonds. The molecule has 0 saturated carbocycles. The second-order valence-corrected chi connectivity index (χ2v) is 6.00. The molecule has 1 aromatic rings. The van der Waals surface area contributed by atoms with Crippen molar-refractivity contribution in [3.63, 3.8) is 0 Å². The largest absolute Gasteiger partial charge is 0.465 e. The summed E-state index contributed by atoms with van der Waals surface area (Å²) in [5, 5.41) is 2.83. The molecule has 3 N–H and O–H groups in total. The van der Waals surface area contributed by atoms with E-state index in [0.29, 0.717) is 6.61 Å². The SMILES string of the molecule is CCCCOC(=O)CSC1NNC(c2ccccc2)C(=O)N1. The van der Waals surface area contributed by atoms with Crippen molar-refractivity contribution in [3.05, 3.63) is 35.9 Å². The summed E-state index contributed by atoms with van der Waals surface area (Å²) in [5.41, 5.74) is 6.50. The van der Waals surface area contributed by atoms with Crippen molar-refractivity contribution in [2.45, 2.75) is 31.3 Å². The van der Waals surface area contributed by atoms with Crippen molar-refractivity contribution in [3.8, 4) is 0 Å². The molecule has 22 heavy (non-hydrogen) atoms. The zero-order chi connectivity index (χ0) is 15.8. The van der Waals surface area contributed by atoms with Crippen LogP contribution >= 0.6 is 11.8 Å². The van der Waals surface area contributed by atoms with Gasteiger partial charge >= 0.3 is 5.97 Å². The molecule has 1 saturated heterocycles. The van der Waals surface area contributed by atoms with Crippen molar-refractivity contribution in [2.75, 3.05) is 12.4 Å². The van der Waals surface area contributed by atoms with Gasteiger partial charge in [0.2, 0.25) is 5.91 Å². The molecule has 0 aliphatic carbocycles. The van der Waals surface area contributed by atoms with E-state index in [1.165, 1.54) is 11.8 Å². The number of unbranched alkanes of at least 4 members (excludes halogenated alkanes) is 1. The third-order valence-electron chi connectivity index (χ3n) is 3.16. The highest BCUT2D eigenvalue weighted by atomic mass is 32.2. The maximum absolute atomic E-state index is 12.1. The minimum atomic E-state index is -0.436. The highest BCUT2D eigenvalue weighted by molar-refractivity contribution is 8.00. The van der Waals surface area contributed by atoms with E-state index in [1.54, 1.807) is 0 Å². The maximum atomic E-state index is 12.1. The number of thioether (sulfide) groups is 1. The zero-order valence-electron chi connectivity index (χ0n) is 12.5. The van der Waals surface area contributed by atoms with Gasteiger partial charge in [-0.1, -0.05) is 43.7 Å². The molecule has 2 rings (SSSR count). The molecule has 1 fully saturated rings. The number of hydrogen-bond acceptors (Lipinski definition) is 6. The lowest BCUT2D eigenvalue weighted by molar-refractivity contribution is -0.140. The standard InChI is InChI=1S/C15H21N3O3S/c1-2-3-9-21-12(19)10-22-15-16-14(20)13(17-18-15)11-7-5-4-6-8-11/h4-8,13,15,17-18H,2-3,9-10H2,1H3,(H,16,20). The molecule has 1 aliphatic heterocycles. The van der Waals surface area contributed by atoms with Crippen molar-refractivity contribution >= 4 is 23.6 Å². The molecule has 0 aromatic heterocycles. The molecule has 120 valence electrons. The van der Waals surface area contributed by atoms with Crippen LogP contribution in [0.2, 0.25) is 0 Å². The summed E-state index contributed by atoms with van der Waals surface area (Å²) in [7, 11) is 0. The molecule has 0 bridgehead atoms. The van der Waals surface area contributed by atoms with Gasteiger partial charge in [-0.05, 0) is 12.0 Å². The van der Waals surface area contributed by atoms with E-state index in [-0.39, 0.29) is 23.1 Å². The zero-order valence-corrected chi connectivity index (χ0v) is 13.3. The van der Waals surface area contributed by atoms with E-state index >= 15 is 0 Å². The number of carbonyl (C=O) groups excluding carboxylic acids is 2. The molecule has 7 heteroatoms. The minimum Gasteiger partial charge on any atom is -0.465 e. The number of nitrogens with one attached hydrogen (secondary N) is 3. The van der Waals surface area contributed by atoms with Crippen LogP contribution in [0.5, 0.6) is 0 Å². The third kappa shape index (κ3) is 5.01. The first-order valence-corrected chi connectivity index (χ1v) is 8.39. The van der Waals surface area contributed by atoms with Crippen molar-refractivity contribution < 1.29 is 14.3 Å². The number of hydrogen-bond donors (Lipinski definition) is 3. The summed E-state index contributed by atoms with van der Waals surface area (Å²) < 4.78 is 5.07. The van der Waals surface area contributed by atoms with Gasteiger partial charge in [0, 0.05) is 0 Å². The molecule has 0 radical (unpaired) electrons. The lowest BCUT2D eigenvalue weighted by Crippen LogP contribution is -2.60. The first-order valence-electron chi connectivity index (χ1n) is 7.34. The normalized spacial score (nSPS) is 21.2. The lowest BCUT2D eigenvalue weighted by Gasteiger charge is -2.31. The fourth-order valence-electron chi connectivity index (χ4n) is 1.96. The van der Waals surface area contributed by atoms with Gasteiger partial charge in [-0.3, -0.25) is 9.59 Å². The Morgan fingerprint density at radius 1 is 1.27 bits per heavy atom. The number of amides is 1. The summed E-state index contributed by atoms with van der Waals surface area (Å²) in [6.45, 7) is 2.49. The Labute approximate surface area is 134 Å². The highest BCUT2D eigenvalue weighted by Crippen LogP contribution is 2.17. The van der Waals surface area contributed by atoms with Crippen molar-refractivity contribution in [1.29, 1.82) is 0 Å². The molecule has 2 atom stereocenters. The van der Waals surface area contributed by atoms with Crippen LogP contribution in [0.4, 0.5) is 0 Å². The highest BCUT2D eigenvalue weighted by Gasteiger charge is 2.28. The van der Waals surface area contributed by atoms with Crippen molar-refractivity contribution in [2.24, 2.45) is 0 Å². The van der Waals surface area contributed by atoms with Crippen LogP contribution in [-0.4, -0.2) is 29.7 Å². The number of carbonyl (C=O) groups is 2. The van der Waals surface area contributed by atoms with E-state index in [2.05, 4.69) is 16.2 Å². The molecular weight excluding hydrogens is 302 g/mol. The Balaban J connectivity index is 1.74. The van der Waals surface area contributed by atoms with Gasteiger partial charge in [-0.2, -0.15) is 0 Å². The van der Waals surface area contributed by atoms with Crippen LogP contribution in [0.15, 0.2) is 30.3 Å². The van der Waals surface area contributed by atoms with Crippen LogP contribution in [-0.2, 0) is 14.3 Å². The van der Waals surface area contributed by atoms with Gasteiger partial charge in [0.1, 0.15) is 11.5 Å². The maximum Gasteiger partial charge on any atom is 0.316 e. The molecule has 6 nitrogen and oxygen atoms in total. The third-order valence-corrected chi connectivity index (χ3v) is 4.13.